The highest BCUT2D eigenvalue weighted by atomic mass is 15.3. The Morgan fingerprint density at radius 3 is 2.56 bits per heavy atom. The van der Waals surface area contributed by atoms with Crippen LogP contribution in [0.3, 0.4) is 0 Å². The Morgan fingerprint density at radius 1 is 1.33 bits per heavy atom. The minimum absolute atomic E-state index is 0.224. The minimum atomic E-state index is 0.224. The number of rotatable bonds is 7. The number of hydrogen-bond acceptors (Lipinski definition) is 2. The summed E-state index contributed by atoms with van der Waals surface area (Å²) in [6.45, 7) is 7.60. The second-order valence-corrected chi connectivity index (χ2v) is 5.72. The molecule has 1 fully saturated rings. The normalized spacial score (nSPS) is 17.1. The van der Waals surface area contributed by atoms with Crippen molar-refractivity contribution >= 4 is 0 Å². The molecule has 1 aromatic rings. The van der Waals surface area contributed by atoms with Crippen LogP contribution in [0.25, 0.3) is 0 Å². The first-order chi connectivity index (χ1) is 8.65. The molecule has 0 amide bonds. The zero-order valence-corrected chi connectivity index (χ0v) is 12.1. The largest absolute Gasteiger partial charge is 0.328 e. The molecule has 0 aromatic carbocycles. The van der Waals surface area contributed by atoms with E-state index in [2.05, 4.69) is 25.5 Å². The standard InChI is InChI=1S/C15H27N3/c1-4-14-13(10-11(3)16)15(5-2)18(17-14)9-8-12-6-7-12/h11-12H,4-10,16H2,1-3H3. The van der Waals surface area contributed by atoms with Gasteiger partial charge >= 0.3 is 0 Å². The van der Waals surface area contributed by atoms with Crippen molar-refractivity contribution in [1.29, 1.82) is 0 Å². The van der Waals surface area contributed by atoms with E-state index in [-0.39, 0.29) is 6.04 Å². The summed E-state index contributed by atoms with van der Waals surface area (Å²) in [7, 11) is 0. The van der Waals surface area contributed by atoms with E-state index < -0.39 is 0 Å². The maximum atomic E-state index is 5.98. The van der Waals surface area contributed by atoms with Crippen molar-refractivity contribution in [2.45, 2.75) is 71.9 Å². The summed E-state index contributed by atoms with van der Waals surface area (Å²) >= 11 is 0. The highest BCUT2D eigenvalue weighted by molar-refractivity contribution is 5.27. The van der Waals surface area contributed by atoms with E-state index in [9.17, 15) is 0 Å². The van der Waals surface area contributed by atoms with Crippen molar-refractivity contribution in [1.82, 2.24) is 9.78 Å². The van der Waals surface area contributed by atoms with Crippen molar-refractivity contribution in [3.05, 3.63) is 17.0 Å². The average Bonchev–Trinajstić information content (AvgIpc) is 3.09. The highest BCUT2D eigenvalue weighted by Gasteiger charge is 2.22. The van der Waals surface area contributed by atoms with Crippen LogP contribution in [0.15, 0.2) is 0 Å². The van der Waals surface area contributed by atoms with Crippen LogP contribution >= 0.6 is 0 Å². The molecule has 2 N–H and O–H groups in total. The molecule has 2 rings (SSSR count). The third-order valence-corrected chi connectivity index (χ3v) is 3.89. The molecule has 3 nitrogen and oxygen atoms in total. The van der Waals surface area contributed by atoms with Crippen LogP contribution in [0.5, 0.6) is 0 Å². The number of aryl methyl sites for hydroxylation is 2. The van der Waals surface area contributed by atoms with Crippen molar-refractivity contribution < 1.29 is 0 Å². The molecule has 0 aliphatic heterocycles. The Morgan fingerprint density at radius 2 is 2.06 bits per heavy atom. The number of hydrogen-bond donors (Lipinski definition) is 1. The van der Waals surface area contributed by atoms with Crippen molar-refractivity contribution in [3.8, 4) is 0 Å². The van der Waals surface area contributed by atoms with Crippen LogP contribution in [0, 0.1) is 5.92 Å². The zero-order chi connectivity index (χ0) is 13.1. The maximum absolute atomic E-state index is 5.98. The van der Waals surface area contributed by atoms with Crippen LogP contribution in [0.1, 0.15) is 57.0 Å². The first-order valence-corrected chi connectivity index (χ1v) is 7.48. The van der Waals surface area contributed by atoms with Gasteiger partial charge in [-0.3, -0.25) is 4.68 Å². The van der Waals surface area contributed by atoms with E-state index in [1.54, 1.807) is 0 Å². The first-order valence-electron chi connectivity index (χ1n) is 7.48. The van der Waals surface area contributed by atoms with Gasteiger partial charge in [0.2, 0.25) is 0 Å². The van der Waals surface area contributed by atoms with E-state index in [0.717, 1.165) is 31.7 Å². The Bertz CT molecular complexity index is 389. The quantitative estimate of drug-likeness (QED) is 0.807. The molecule has 0 spiro atoms. The molecular weight excluding hydrogens is 222 g/mol. The summed E-state index contributed by atoms with van der Waals surface area (Å²) < 4.78 is 2.26. The Hall–Kier alpha value is -0.830. The van der Waals surface area contributed by atoms with Gasteiger partial charge in [-0.15, -0.1) is 0 Å². The predicted molar refractivity (Wildman–Crippen MR) is 75.7 cm³/mol. The summed E-state index contributed by atoms with van der Waals surface area (Å²) in [6, 6.07) is 0.224. The minimum Gasteiger partial charge on any atom is -0.328 e. The van der Waals surface area contributed by atoms with Gasteiger partial charge in [-0.05, 0) is 44.1 Å². The van der Waals surface area contributed by atoms with Crippen molar-refractivity contribution in [2.24, 2.45) is 11.7 Å². The molecular formula is C15H27N3. The number of nitrogens with two attached hydrogens (primary N) is 1. The van der Waals surface area contributed by atoms with Gasteiger partial charge in [-0.2, -0.15) is 5.10 Å². The second-order valence-electron chi connectivity index (χ2n) is 5.72. The topological polar surface area (TPSA) is 43.8 Å². The van der Waals surface area contributed by atoms with E-state index in [4.69, 9.17) is 10.8 Å². The lowest BCUT2D eigenvalue weighted by molar-refractivity contribution is 0.524. The van der Waals surface area contributed by atoms with Crippen molar-refractivity contribution in [2.75, 3.05) is 0 Å². The van der Waals surface area contributed by atoms with Crippen LogP contribution < -0.4 is 5.73 Å². The molecule has 1 unspecified atom stereocenters. The Kier molecular flexibility index (Phi) is 4.44. The summed E-state index contributed by atoms with van der Waals surface area (Å²) in [5, 5.41) is 4.81. The summed E-state index contributed by atoms with van der Waals surface area (Å²) in [5.41, 5.74) is 10.1. The molecule has 1 aromatic heterocycles. The van der Waals surface area contributed by atoms with Gasteiger partial charge < -0.3 is 5.73 Å². The molecule has 1 atom stereocenters. The molecule has 1 aliphatic rings. The molecule has 1 aliphatic carbocycles. The van der Waals surface area contributed by atoms with E-state index in [0.29, 0.717) is 0 Å². The van der Waals surface area contributed by atoms with Gasteiger partial charge in [-0.1, -0.05) is 26.7 Å². The van der Waals surface area contributed by atoms with Gasteiger partial charge in [0.15, 0.2) is 0 Å². The third-order valence-electron chi connectivity index (χ3n) is 3.89. The Labute approximate surface area is 111 Å². The van der Waals surface area contributed by atoms with Gasteiger partial charge in [0.1, 0.15) is 0 Å². The lowest BCUT2D eigenvalue weighted by Gasteiger charge is -2.09. The third kappa shape index (κ3) is 3.14. The highest BCUT2D eigenvalue weighted by Crippen LogP contribution is 2.33. The van der Waals surface area contributed by atoms with Gasteiger partial charge in [0.25, 0.3) is 0 Å². The smallest absolute Gasteiger partial charge is 0.0657 e. The van der Waals surface area contributed by atoms with E-state index in [1.165, 1.54) is 36.2 Å². The zero-order valence-electron chi connectivity index (χ0n) is 12.1. The van der Waals surface area contributed by atoms with E-state index in [1.807, 2.05) is 0 Å². The fraction of sp³-hybridized carbons (Fsp3) is 0.800. The molecule has 0 bridgehead atoms. The molecule has 3 heteroatoms. The molecule has 102 valence electrons. The molecule has 1 saturated carbocycles. The monoisotopic (exact) mass is 249 g/mol. The lowest BCUT2D eigenvalue weighted by atomic mass is 10.0. The SMILES string of the molecule is CCc1nn(CCC2CC2)c(CC)c1CC(C)N. The molecule has 1 heterocycles. The molecule has 0 saturated heterocycles. The molecule has 18 heavy (non-hydrogen) atoms. The van der Waals surface area contributed by atoms with Crippen LogP contribution in [-0.4, -0.2) is 15.8 Å². The Balaban J connectivity index is 2.18. The van der Waals surface area contributed by atoms with Crippen LogP contribution in [0.2, 0.25) is 0 Å². The summed E-state index contributed by atoms with van der Waals surface area (Å²) in [4.78, 5) is 0. The molecule has 0 radical (unpaired) electrons. The fourth-order valence-corrected chi connectivity index (χ4v) is 2.72. The number of nitrogens with zero attached hydrogens (tertiary/aromatic N) is 2. The van der Waals surface area contributed by atoms with Crippen LogP contribution in [-0.2, 0) is 25.8 Å². The van der Waals surface area contributed by atoms with Gasteiger partial charge in [-0.25, -0.2) is 0 Å². The van der Waals surface area contributed by atoms with Gasteiger partial charge in [0.05, 0.1) is 5.69 Å². The van der Waals surface area contributed by atoms with Crippen molar-refractivity contribution in [3.63, 3.8) is 0 Å². The number of aromatic nitrogens is 2. The van der Waals surface area contributed by atoms with Gasteiger partial charge in [0, 0.05) is 18.3 Å². The maximum Gasteiger partial charge on any atom is 0.0657 e. The predicted octanol–water partition coefficient (Wildman–Crippen LogP) is 2.70. The lowest BCUT2D eigenvalue weighted by Crippen LogP contribution is -2.19. The second kappa shape index (κ2) is 5.87. The fourth-order valence-electron chi connectivity index (χ4n) is 2.72. The first kappa shape index (κ1) is 13.6. The summed E-state index contributed by atoms with van der Waals surface area (Å²) in [5.74, 6) is 0.973. The average molecular weight is 249 g/mol. The van der Waals surface area contributed by atoms with Crippen LogP contribution in [0.4, 0.5) is 0 Å². The van der Waals surface area contributed by atoms with E-state index >= 15 is 0 Å². The summed E-state index contributed by atoms with van der Waals surface area (Å²) in [6.07, 6.45) is 7.21.